The number of fused-ring (bicyclic) bond motifs is 1. The Morgan fingerprint density at radius 3 is 2.90 bits per heavy atom. The molecule has 5 heteroatoms. The Morgan fingerprint density at radius 2 is 2.14 bits per heavy atom. The first kappa shape index (κ1) is 13.9. The van der Waals surface area contributed by atoms with Crippen molar-refractivity contribution in [2.24, 2.45) is 11.1 Å². The van der Waals surface area contributed by atoms with Gasteiger partial charge in [-0.05, 0) is 24.8 Å². The zero-order chi connectivity index (χ0) is 14.8. The van der Waals surface area contributed by atoms with Crippen molar-refractivity contribution in [2.45, 2.75) is 26.2 Å². The van der Waals surface area contributed by atoms with Crippen LogP contribution in [0.2, 0.25) is 0 Å². The lowest BCUT2D eigenvalue weighted by molar-refractivity contribution is 0.176. The first-order valence-corrected chi connectivity index (χ1v) is 7.57. The standard InChI is InChI=1S/C16H21N3O2/c1-12-5-4-9-18(11-12)16(20)19-10-8-14(17-21)13-6-2-3-7-15(13)19/h2-3,6-7,12,21H,4-5,8-11H2,1H3. The molecule has 112 valence electrons. The molecule has 21 heavy (non-hydrogen) atoms. The van der Waals surface area contributed by atoms with Crippen molar-refractivity contribution in [1.29, 1.82) is 0 Å². The van der Waals surface area contributed by atoms with E-state index in [2.05, 4.69) is 12.1 Å². The van der Waals surface area contributed by atoms with Crippen molar-refractivity contribution in [1.82, 2.24) is 4.90 Å². The van der Waals surface area contributed by atoms with Gasteiger partial charge in [0.25, 0.3) is 0 Å². The number of oxime groups is 1. The molecule has 2 amide bonds. The second kappa shape index (κ2) is 5.76. The Morgan fingerprint density at radius 1 is 1.33 bits per heavy atom. The van der Waals surface area contributed by atoms with Crippen molar-refractivity contribution in [3.05, 3.63) is 29.8 Å². The van der Waals surface area contributed by atoms with Gasteiger partial charge in [0.1, 0.15) is 0 Å². The highest BCUT2D eigenvalue weighted by Gasteiger charge is 2.30. The normalized spacial score (nSPS) is 24.0. The van der Waals surface area contributed by atoms with Crippen LogP contribution in [-0.4, -0.2) is 41.5 Å². The van der Waals surface area contributed by atoms with Gasteiger partial charge in [-0.25, -0.2) is 4.79 Å². The number of anilines is 1. The summed E-state index contributed by atoms with van der Waals surface area (Å²) in [7, 11) is 0. The van der Waals surface area contributed by atoms with Gasteiger partial charge < -0.3 is 10.1 Å². The molecule has 1 aromatic rings. The van der Waals surface area contributed by atoms with Gasteiger partial charge in [0.2, 0.25) is 0 Å². The maximum absolute atomic E-state index is 12.8. The smallest absolute Gasteiger partial charge is 0.324 e. The Balaban J connectivity index is 1.87. The number of piperidine rings is 1. The number of hydrogen-bond donors (Lipinski definition) is 1. The van der Waals surface area contributed by atoms with Gasteiger partial charge in [0.15, 0.2) is 0 Å². The minimum atomic E-state index is 0.0750. The fraction of sp³-hybridized carbons (Fsp3) is 0.500. The van der Waals surface area contributed by atoms with E-state index in [1.807, 2.05) is 34.1 Å². The lowest BCUT2D eigenvalue weighted by atomic mass is 9.98. The number of benzene rings is 1. The molecule has 0 saturated carbocycles. The van der Waals surface area contributed by atoms with Crippen molar-refractivity contribution < 1.29 is 10.0 Å². The van der Waals surface area contributed by atoms with Crippen LogP contribution in [0.15, 0.2) is 29.4 Å². The molecule has 3 rings (SSSR count). The number of amides is 2. The lowest BCUT2D eigenvalue weighted by Crippen LogP contribution is -2.49. The summed E-state index contributed by atoms with van der Waals surface area (Å²) in [6.07, 6.45) is 2.86. The van der Waals surface area contributed by atoms with Crippen LogP contribution in [0.5, 0.6) is 0 Å². The number of para-hydroxylation sites is 1. The van der Waals surface area contributed by atoms with Gasteiger partial charge in [0, 0.05) is 31.6 Å². The molecule has 1 saturated heterocycles. The van der Waals surface area contributed by atoms with Crippen molar-refractivity contribution >= 4 is 17.4 Å². The molecule has 2 aliphatic heterocycles. The number of carbonyl (C=O) groups is 1. The molecule has 1 unspecified atom stereocenters. The third kappa shape index (κ3) is 2.60. The van der Waals surface area contributed by atoms with Gasteiger partial charge in [0.05, 0.1) is 11.4 Å². The molecule has 5 nitrogen and oxygen atoms in total. The van der Waals surface area contributed by atoms with Crippen LogP contribution in [0.3, 0.4) is 0 Å². The van der Waals surface area contributed by atoms with E-state index in [-0.39, 0.29) is 6.03 Å². The summed E-state index contributed by atoms with van der Waals surface area (Å²) in [5.41, 5.74) is 2.35. The van der Waals surface area contributed by atoms with E-state index >= 15 is 0 Å². The van der Waals surface area contributed by atoms with Crippen molar-refractivity contribution in [3.63, 3.8) is 0 Å². The summed E-state index contributed by atoms with van der Waals surface area (Å²) in [5.74, 6) is 0.567. The highest BCUT2D eigenvalue weighted by molar-refractivity contribution is 6.10. The minimum Gasteiger partial charge on any atom is -0.411 e. The Hall–Kier alpha value is -2.04. The van der Waals surface area contributed by atoms with E-state index in [0.29, 0.717) is 24.6 Å². The number of nitrogens with zero attached hydrogens (tertiary/aromatic N) is 3. The van der Waals surface area contributed by atoms with Crippen LogP contribution in [-0.2, 0) is 0 Å². The Kier molecular flexibility index (Phi) is 3.82. The SMILES string of the molecule is CC1CCCN(C(=O)N2CCC(=NO)c3ccccc32)C1. The van der Waals surface area contributed by atoms with Crippen LogP contribution in [0.1, 0.15) is 31.7 Å². The number of hydrogen-bond acceptors (Lipinski definition) is 3. The number of likely N-dealkylation sites (tertiary alicyclic amines) is 1. The first-order valence-electron chi connectivity index (χ1n) is 7.57. The summed E-state index contributed by atoms with van der Waals surface area (Å²) in [5, 5.41) is 12.5. The zero-order valence-electron chi connectivity index (χ0n) is 12.3. The van der Waals surface area contributed by atoms with Gasteiger partial charge in [-0.1, -0.05) is 30.3 Å². The second-order valence-electron chi connectivity index (χ2n) is 5.94. The molecule has 1 atom stereocenters. The van der Waals surface area contributed by atoms with Crippen LogP contribution >= 0.6 is 0 Å². The summed E-state index contributed by atoms with van der Waals surface area (Å²) < 4.78 is 0. The quantitative estimate of drug-likeness (QED) is 0.589. The molecular weight excluding hydrogens is 266 g/mol. The third-order valence-electron chi connectivity index (χ3n) is 4.36. The summed E-state index contributed by atoms with van der Waals surface area (Å²) in [6, 6.07) is 7.72. The fourth-order valence-corrected chi connectivity index (χ4v) is 3.26. The van der Waals surface area contributed by atoms with E-state index in [9.17, 15) is 4.79 Å². The van der Waals surface area contributed by atoms with E-state index in [0.717, 1.165) is 30.8 Å². The molecule has 1 N–H and O–H groups in total. The topological polar surface area (TPSA) is 56.1 Å². The van der Waals surface area contributed by atoms with E-state index in [1.54, 1.807) is 0 Å². The largest absolute Gasteiger partial charge is 0.411 e. The number of rotatable bonds is 0. The van der Waals surface area contributed by atoms with E-state index in [1.165, 1.54) is 6.42 Å². The van der Waals surface area contributed by atoms with E-state index in [4.69, 9.17) is 5.21 Å². The van der Waals surface area contributed by atoms with Crippen molar-refractivity contribution in [3.8, 4) is 0 Å². The van der Waals surface area contributed by atoms with Gasteiger partial charge in [-0.3, -0.25) is 4.90 Å². The number of carbonyl (C=O) groups excluding carboxylic acids is 1. The first-order chi connectivity index (χ1) is 10.2. The van der Waals surface area contributed by atoms with Crippen LogP contribution in [0.4, 0.5) is 10.5 Å². The third-order valence-corrected chi connectivity index (χ3v) is 4.36. The molecule has 0 spiro atoms. The predicted octanol–water partition coefficient (Wildman–Crippen LogP) is 2.93. The van der Waals surface area contributed by atoms with Gasteiger partial charge in [-0.2, -0.15) is 0 Å². The van der Waals surface area contributed by atoms with Gasteiger partial charge in [-0.15, -0.1) is 0 Å². The summed E-state index contributed by atoms with van der Waals surface area (Å²) in [4.78, 5) is 16.6. The molecule has 1 fully saturated rings. The molecule has 0 radical (unpaired) electrons. The Bertz CT molecular complexity index is 570. The maximum atomic E-state index is 12.8. The van der Waals surface area contributed by atoms with Gasteiger partial charge >= 0.3 is 6.03 Å². The van der Waals surface area contributed by atoms with Crippen LogP contribution < -0.4 is 4.90 Å². The maximum Gasteiger partial charge on any atom is 0.324 e. The fourth-order valence-electron chi connectivity index (χ4n) is 3.26. The Labute approximate surface area is 124 Å². The zero-order valence-corrected chi connectivity index (χ0v) is 12.3. The highest BCUT2D eigenvalue weighted by atomic mass is 16.4. The molecule has 2 aliphatic rings. The molecule has 0 aliphatic carbocycles. The lowest BCUT2D eigenvalue weighted by Gasteiger charge is -2.37. The number of urea groups is 1. The molecular formula is C16H21N3O2. The molecule has 0 aromatic heterocycles. The minimum absolute atomic E-state index is 0.0750. The molecule has 1 aromatic carbocycles. The monoisotopic (exact) mass is 287 g/mol. The second-order valence-corrected chi connectivity index (χ2v) is 5.94. The average molecular weight is 287 g/mol. The van der Waals surface area contributed by atoms with Crippen LogP contribution in [0.25, 0.3) is 0 Å². The molecule has 2 heterocycles. The van der Waals surface area contributed by atoms with E-state index < -0.39 is 0 Å². The average Bonchev–Trinajstić information content (AvgIpc) is 2.53. The van der Waals surface area contributed by atoms with Crippen LogP contribution in [0, 0.1) is 5.92 Å². The molecule has 0 bridgehead atoms. The summed E-state index contributed by atoms with van der Waals surface area (Å²) >= 11 is 0. The highest BCUT2D eigenvalue weighted by Crippen LogP contribution is 2.29. The van der Waals surface area contributed by atoms with Crippen molar-refractivity contribution in [2.75, 3.05) is 24.5 Å². The predicted molar refractivity (Wildman–Crippen MR) is 82.1 cm³/mol. The summed E-state index contributed by atoms with van der Waals surface area (Å²) in [6.45, 7) is 4.43.